The molecule has 22 heavy (non-hydrogen) atoms. The molecule has 0 aliphatic heterocycles. The Morgan fingerprint density at radius 1 is 0.818 bits per heavy atom. The molecular weight excluding hydrogens is 372 g/mol. The topological polar surface area (TPSA) is 104 Å². The van der Waals surface area contributed by atoms with Crippen LogP contribution in [-0.4, -0.2) is 32.4 Å². The van der Waals surface area contributed by atoms with Gasteiger partial charge in [-0.25, -0.2) is 8.42 Å². The molecule has 0 aliphatic rings. The predicted octanol–water partition coefficient (Wildman–Crippen LogP) is 0.304. The molecule has 15 heteroatoms. The molecule has 0 unspecified atom stereocenters. The Balaban J connectivity index is 0.000000472. The second kappa shape index (κ2) is 6.66. The third kappa shape index (κ3) is 6.44. The minimum absolute atomic E-state index is 0.447. The quantitative estimate of drug-likeness (QED) is 0.318. The average molecular weight is 377 g/mol. The molecule has 0 spiro atoms. The highest BCUT2D eigenvalue weighted by atomic mass is 32.2. The van der Waals surface area contributed by atoms with Crippen molar-refractivity contribution >= 4 is 20.2 Å². The van der Waals surface area contributed by atoms with Gasteiger partial charge in [-0.2, -0.15) is 34.8 Å². The summed E-state index contributed by atoms with van der Waals surface area (Å²) in [5.74, 6) is 0. The summed E-state index contributed by atoms with van der Waals surface area (Å²) in [7, 11) is -11.7. The second-order valence-electron chi connectivity index (χ2n) is 3.11. The van der Waals surface area contributed by atoms with Crippen molar-refractivity contribution in [2.24, 2.45) is 0 Å². The van der Waals surface area contributed by atoms with Gasteiger partial charge in [0, 0.05) is 16.9 Å². The molecule has 1 aromatic rings. The molecule has 0 saturated heterocycles. The molecule has 0 aliphatic carbocycles. The van der Waals surface area contributed by atoms with Gasteiger partial charge in [0.15, 0.2) is 10.1 Å². The van der Waals surface area contributed by atoms with Gasteiger partial charge in [-0.1, -0.05) is 6.07 Å². The standard InChI is InChI=1S/C6H5F3NO3S.CHF3O3S/c7-6(8,9)14(11,12)13-10-4-2-1-3-5-10;2-1(3,4)8(5,6)7/h1-5H;(H,5,6,7)/q+1;/p-1. The number of alkyl halides is 6. The van der Waals surface area contributed by atoms with Crippen LogP contribution in [0.15, 0.2) is 30.6 Å². The Hall–Kier alpha value is -1.61. The van der Waals surface area contributed by atoms with Gasteiger partial charge in [-0.3, -0.25) is 0 Å². The second-order valence-corrected chi connectivity index (χ2v) is 6.00. The molecule has 0 radical (unpaired) electrons. The summed E-state index contributed by atoms with van der Waals surface area (Å²) in [6.45, 7) is 0. The zero-order valence-electron chi connectivity index (χ0n) is 9.87. The van der Waals surface area contributed by atoms with E-state index in [9.17, 15) is 34.8 Å². The van der Waals surface area contributed by atoms with Crippen LogP contribution in [0.1, 0.15) is 0 Å². The van der Waals surface area contributed by atoms with Crippen molar-refractivity contribution in [3.63, 3.8) is 0 Å². The minimum atomic E-state index is -6.09. The molecule has 0 atom stereocenters. The molecule has 0 N–H and O–H groups in total. The Kier molecular flexibility index (Phi) is 6.17. The van der Waals surface area contributed by atoms with Gasteiger partial charge in [-0.05, 0) is 0 Å². The van der Waals surface area contributed by atoms with E-state index in [0.717, 1.165) is 12.4 Å². The SMILES string of the molecule is O=S(=O)(O[n+]1ccccc1)C(F)(F)F.O=S(=O)([O-])C(F)(F)F. The average Bonchev–Trinajstić information content (AvgIpc) is 2.26. The van der Waals surface area contributed by atoms with E-state index >= 15 is 0 Å². The first-order chi connectivity index (χ1) is 9.58. The first-order valence-electron chi connectivity index (χ1n) is 4.57. The van der Waals surface area contributed by atoms with Crippen LogP contribution in [0.2, 0.25) is 0 Å². The lowest BCUT2D eigenvalue weighted by Crippen LogP contribution is -2.49. The monoisotopic (exact) mass is 377 g/mol. The lowest BCUT2D eigenvalue weighted by atomic mass is 10.5. The van der Waals surface area contributed by atoms with E-state index in [0.29, 0.717) is 4.73 Å². The summed E-state index contributed by atoms with van der Waals surface area (Å²) in [4.78, 5) is 0. The lowest BCUT2D eigenvalue weighted by molar-refractivity contribution is -0.857. The Labute approximate surface area is 119 Å². The van der Waals surface area contributed by atoms with Gasteiger partial charge in [0.1, 0.15) is 0 Å². The highest BCUT2D eigenvalue weighted by molar-refractivity contribution is 7.87. The number of pyridine rings is 1. The molecule has 1 heterocycles. The number of rotatable bonds is 2. The van der Waals surface area contributed by atoms with Gasteiger partial charge < -0.3 is 4.55 Å². The highest BCUT2D eigenvalue weighted by Gasteiger charge is 2.51. The van der Waals surface area contributed by atoms with Crippen LogP contribution in [0.5, 0.6) is 0 Å². The molecule has 0 bridgehead atoms. The maximum atomic E-state index is 11.8. The van der Waals surface area contributed by atoms with Crippen molar-refractivity contribution in [2.45, 2.75) is 11.0 Å². The van der Waals surface area contributed by atoms with Crippen LogP contribution in [0.4, 0.5) is 26.3 Å². The van der Waals surface area contributed by atoms with Gasteiger partial charge in [0.25, 0.3) is 0 Å². The minimum Gasteiger partial charge on any atom is -0.741 e. The van der Waals surface area contributed by atoms with E-state index in [1.54, 1.807) is 0 Å². The summed E-state index contributed by atoms with van der Waals surface area (Å²) in [6.07, 6.45) is 2.06. The largest absolute Gasteiger partial charge is 0.741 e. The Morgan fingerprint density at radius 3 is 1.45 bits per heavy atom. The van der Waals surface area contributed by atoms with E-state index in [1.165, 1.54) is 18.2 Å². The molecule has 1 aromatic heterocycles. The summed E-state index contributed by atoms with van der Waals surface area (Å²) in [5.41, 5.74) is -11.1. The van der Waals surface area contributed by atoms with Gasteiger partial charge in [0.05, 0.1) is 0 Å². The third-order valence-corrected chi connectivity index (χ3v) is 2.94. The van der Waals surface area contributed by atoms with E-state index in [4.69, 9.17) is 13.0 Å². The maximum Gasteiger partial charge on any atom is 0.540 e. The molecule has 128 valence electrons. The fourth-order valence-electron chi connectivity index (χ4n) is 0.588. The molecule has 0 amide bonds. The highest BCUT2D eigenvalue weighted by Crippen LogP contribution is 2.21. The van der Waals surface area contributed by atoms with Crippen molar-refractivity contribution in [1.82, 2.24) is 0 Å². The lowest BCUT2D eigenvalue weighted by Gasteiger charge is -2.08. The van der Waals surface area contributed by atoms with E-state index in [1.807, 2.05) is 0 Å². The molecule has 0 saturated carbocycles. The van der Waals surface area contributed by atoms with Gasteiger partial charge in [0.2, 0.25) is 12.4 Å². The summed E-state index contributed by atoms with van der Waals surface area (Å²) in [5, 5.41) is 0. The zero-order chi connectivity index (χ0) is 17.8. The summed E-state index contributed by atoms with van der Waals surface area (Å²) >= 11 is 0. The van der Waals surface area contributed by atoms with Crippen LogP contribution in [-0.2, 0) is 20.2 Å². The van der Waals surface area contributed by atoms with Crippen LogP contribution in [0.3, 0.4) is 0 Å². The maximum absolute atomic E-state index is 11.8. The number of halogens is 6. The van der Waals surface area contributed by atoms with Crippen LogP contribution < -0.4 is 9.01 Å². The van der Waals surface area contributed by atoms with Crippen molar-refractivity contribution in [1.29, 1.82) is 0 Å². The number of hydrogen-bond acceptors (Lipinski definition) is 6. The van der Waals surface area contributed by atoms with Gasteiger partial charge >= 0.3 is 21.1 Å². The number of aromatic nitrogens is 1. The molecule has 0 aromatic carbocycles. The normalized spacial score (nSPS) is 13.0. The van der Waals surface area contributed by atoms with Crippen molar-refractivity contribution in [3.8, 4) is 0 Å². The Morgan fingerprint density at radius 2 is 1.18 bits per heavy atom. The predicted molar refractivity (Wildman–Crippen MR) is 53.9 cm³/mol. The van der Waals surface area contributed by atoms with Crippen LogP contribution >= 0.6 is 0 Å². The van der Waals surface area contributed by atoms with Gasteiger partial charge in [-0.15, -0.1) is 4.28 Å². The van der Waals surface area contributed by atoms with E-state index < -0.39 is 31.3 Å². The van der Waals surface area contributed by atoms with Crippen LogP contribution in [0, 0.1) is 0 Å². The van der Waals surface area contributed by atoms with E-state index in [-0.39, 0.29) is 0 Å². The smallest absolute Gasteiger partial charge is 0.540 e. The summed E-state index contributed by atoms with van der Waals surface area (Å²) < 4.78 is 119. The Bertz CT molecular complexity index is 680. The first kappa shape index (κ1) is 20.4. The van der Waals surface area contributed by atoms with Crippen molar-refractivity contribution in [2.75, 3.05) is 0 Å². The number of hydrogen-bond donors (Lipinski definition) is 0. The first-order valence-corrected chi connectivity index (χ1v) is 7.39. The summed E-state index contributed by atoms with van der Waals surface area (Å²) in [6, 6.07) is 4.15. The molecule has 1 rings (SSSR count). The zero-order valence-corrected chi connectivity index (χ0v) is 11.5. The molecule has 0 fully saturated rings. The third-order valence-electron chi connectivity index (χ3n) is 1.44. The van der Waals surface area contributed by atoms with E-state index in [2.05, 4.69) is 4.28 Å². The fourth-order valence-corrected chi connectivity index (χ4v) is 0.999. The molecule has 7 nitrogen and oxygen atoms in total. The van der Waals surface area contributed by atoms with Crippen molar-refractivity contribution < 1.29 is 56.7 Å². The number of nitrogens with zero attached hydrogens (tertiary/aromatic N) is 1. The molecular formula is C7H5F6NO6S2. The van der Waals surface area contributed by atoms with Crippen LogP contribution in [0.25, 0.3) is 0 Å². The van der Waals surface area contributed by atoms with Crippen molar-refractivity contribution in [3.05, 3.63) is 30.6 Å². The fraction of sp³-hybridized carbons (Fsp3) is 0.286.